The fourth-order valence-corrected chi connectivity index (χ4v) is 2.37. The Bertz CT molecular complexity index is 452. The number of carbonyl (C=O) groups is 1. The minimum Gasteiger partial charge on any atom is -0.444 e. The first-order chi connectivity index (χ1) is 11.0. The van der Waals surface area contributed by atoms with Crippen molar-refractivity contribution in [2.75, 3.05) is 33.8 Å². The summed E-state index contributed by atoms with van der Waals surface area (Å²) in [5, 5.41) is 6.60. The molecule has 2 N–H and O–H groups in total. The van der Waals surface area contributed by atoms with Crippen LogP contribution in [-0.2, 0) is 9.47 Å². The van der Waals surface area contributed by atoms with E-state index in [-0.39, 0.29) is 47.6 Å². The van der Waals surface area contributed by atoms with E-state index in [1.54, 1.807) is 19.1 Å². The van der Waals surface area contributed by atoms with Crippen LogP contribution in [0.1, 0.15) is 41.5 Å². The van der Waals surface area contributed by atoms with E-state index < -0.39 is 5.60 Å². The highest BCUT2D eigenvalue weighted by atomic mass is 127. The van der Waals surface area contributed by atoms with Crippen molar-refractivity contribution in [3.8, 4) is 0 Å². The van der Waals surface area contributed by atoms with E-state index in [4.69, 9.17) is 9.47 Å². The third-order valence-corrected chi connectivity index (χ3v) is 3.80. The zero-order valence-corrected chi connectivity index (χ0v) is 19.1. The standard InChI is InChI=1S/C17H34N4O3.HI/c1-16(2,3)13(23-8)9-19-14(18-7)20-12-10-21(11-12)15(22)24-17(4,5)6;/h12-13H,9-11H2,1-8H3,(H2,18,19,20);1H. The van der Waals surface area contributed by atoms with Crippen molar-refractivity contribution < 1.29 is 14.3 Å². The lowest BCUT2D eigenvalue weighted by Crippen LogP contribution is -2.63. The molecule has 0 aromatic rings. The Hall–Kier alpha value is -0.770. The summed E-state index contributed by atoms with van der Waals surface area (Å²) in [5.41, 5.74) is -0.417. The summed E-state index contributed by atoms with van der Waals surface area (Å²) in [6, 6.07) is 0.180. The Kier molecular flexibility index (Phi) is 9.50. The molecular formula is C17H35IN4O3. The number of hydrogen-bond donors (Lipinski definition) is 2. The molecule has 0 aliphatic carbocycles. The number of aliphatic imine (C=N–C) groups is 1. The molecule has 7 nitrogen and oxygen atoms in total. The largest absolute Gasteiger partial charge is 0.444 e. The van der Waals surface area contributed by atoms with Gasteiger partial charge in [0.1, 0.15) is 5.60 Å². The van der Waals surface area contributed by atoms with Gasteiger partial charge in [0.05, 0.1) is 12.1 Å². The summed E-state index contributed by atoms with van der Waals surface area (Å²) >= 11 is 0. The summed E-state index contributed by atoms with van der Waals surface area (Å²) < 4.78 is 10.9. The number of methoxy groups -OCH3 is 1. The van der Waals surface area contributed by atoms with Gasteiger partial charge >= 0.3 is 6.09 Å². The third-order valence-electron chi connectivity index (χ3n) is 3.80. The molecule has 1 rings (SSSR count). The van der Waals surface area contributed by atoms with Crippen LogP contribution in [0.25, 0.3) is 0 Å². The first kappa shape index (κ1) is 24.2. The van der Waals surface area contributed by atoms with Crippen molar-refractivity contribution in [2.24, 2.45) is 10.4 Å². The molecule has 0 bridgehead atoms. The number of rotatable bonds is 4. The number of hydrogen-bond acceptors (Lipinski definition) is 4. The second-order valence-corrected chi connectivity index (χ2v) is 8.27. The van der Waals surface area contributed by atoms with Crippen LogP contribution in [0.3, 0.4) is 0 Å². The van der Waals surface area contributed by atoms with E-state index in [9.17, 15) is 4.79 Å². The predicted molar refractivity (Wildman–Crippen MR) is 112 cm³/mol. The summed E-state index contributed by atoms with van der Waals surface area (Å²) in [6.07, 6.45) is -0.189. The van der Waals surface area contributed by atoms with Crippen LogP contribution >= 0.6 is 24.0 Å². The summed E-state index contributed by atoms with van der Waals surface area (Å²) in [4.78, 5) is 17.8. The number of ether oxygens (including phenoxy) is 2. The van der Waals surface area contributed by atoms with Crippen LogP contribution in [0, 0.1) is 5.41 Å². The van der Waals surface area contributed by atoms with Crippen molar-refractivity contribution >= 4 is 36.0 Å². The van der Waals surface area contributed by atoms with Crippen molar-refractivity contribution in [1.82, 2.24) is 15.5 Å². The monoisotopic (exact) mass is 470 g/mol. The fourth-order valence-electron chi connectivity index (χ4n) is 2.37. The van der Waals surface area contributed by atoms with Gasteiger partial charge in [-0.3, -0.25) is 4.99 Å². The van der Waals surface area contributed by atoms with Gasteiger partial charge in [-0.15, -0.1) is 24.0 Å². The molecule has 1 saturated heterocycles. The predicted octanol–water partition coefficient (Wildman–Crippen LogP) is 2.45. The van der Waals surface area contributed by atoms with Gasteiger partial charge in [0, 0.05) is 33.8 Å². The summed E-state index contributed by atoms with van der Waals surface area (Å²) in [6.45, 7) is 13.9. The molecule has 0 saturated carbocycles. The number of halogens is 1. The van der Waals surface area contributed by atoms with Crippen molar-refractivity contribution in [2.45, 2.75) is 59.3 Å². The zero-order valence-electron chi connectivity index (χ0n) is 16.8. The average Bonchev–Trinajstić information content (AvgIpc) is 2.36. The lowest BCUT2D eigenvalue weighted by molar-refractivity contribution is 0.00676. The number of likely N-dealkylation sites (tertiary alicyclic amines) is 1. The van der Waals surface area contributed by atoms with Gasteiger partial charge in [-0.1, -0.05) is 20.8 Å². The molecule has 0 aromatic heterocycles. The average molecular weight is 470 g/mol. The molecule has 1 atom stereocenters. The fraction of sp³-hybridized carbons (Fsp3) is 0.882. The summed E-state index contributed by atoms with van der Waals surface area (Å²) in [7, 11) is 3.46. The maximum atomic E-state index is 11.9. The maximum absolute atomic E-state index is 11.9. The van der Waals surface area contributed by atoms with Crippen LogP contribution in [-0.4, -0.2) is 68.5 Å². The van der Waals surface area contributed by atoms with E-state index in [0.29, 0.717) is 19.6 Å². The van der Waals surface area contributed by atoms with Gasteiger partial charge in [0.25, 0.3) is 0 Å². The Morgan fingerprint density at radius 3 is 2.20 bits per heavy atom. The second kappa shape index (κ2) is 9.80. The molecule has 1 unspecified atom stereocenters. The van der Waals surface area contributed by atoms with Crippen LogP contribution in [0.4, 0.5) is 4.79 Å². The molecule has 148 valence electrons. The highest BCUT2D eigenvalue weighted by molar-refractivity contribution is 14.0. The van der Waals surface area contributed by atoms with E-state index in [0.717, 1.165) is 5.96 Å². The smallest absolute Gasteiger partial charge is 0.410 e. The lowest BCUT2D eigenvalue weighted by atomic mass is 9.89. The SMILES string of the molecule is CN=C(NCC(OC)C(C)(C)C)NC1CN(C(=O)OC(C)(C)C)C1.I. The minimum atomic E-state index is -0.463. The molecule has 1 aliphatic rings. The molecule has 0 aromatic carbocycles. The van der Waals surface area contributed by atoms with Crippen LogP contribution in [0.2, 0.25) is 0 Å². The summed E-state index contributed by atoms with van der Waals surface area (Å²) in [5.74, 6) is 0.718. The molecule has 0 radical (unpaired) electrons. The van der Waals surface area contributed by atoms with Gasteiger partial charge in [0.15, 0.2) is 5.96 Å². The van der Waals surface area contributed by atoms with Gasteiger partial charge in [-0.25, -0.2) is 4.79 Å². The first-order valence-electron chi connectivity index (χ1n) is 8.44. The number of carbonyl (C=O) groups excluding carboxylic acids is 1. The Morgan fingerprint density at radius 1 is 1.24 bits per heavy atom. The molecular weight excluding hydrogens is 435 g/mol. The minimum absolute atomic E-state index is 0. The van der Waals surface area contributed by atoms with Crippen LogP contribution in [0.15, 0.2) is 4.99 Å². The lowest BCUT2D eigenvalue weighted by Gasteiger charge is -2.40. The van der Waals surface area contributed by atoms with Crippen LogP contribution in [0.5, 0.6) is 0 Å². The molecule has 1 heterocycles. The first-order valence-corrected chi connectivity index (χ1v) is 8.44. The highest BCUT2D eigenvalue weighted by Gasteiger charge is 2.34. The van der Waals surface area contributed by atoms with Crippen LogP contribution < -0.4 is 10.6 Å². The van der Waals surface area contributed by atoms with E-state index in [1.807, 2.05) is 20.8 Å². The Balaban J connectivity index is 0.00000576. The van der Waals surface area contributed by atoms with E-state index >= 15 is 0 Å². The molecule has 8 heteroatoms. The number of guanidine groups is 1. The van der Waals surface area contributed by atoms with Gasteiger partial charge in [0.2, 0.25) is 0 Å². The molecule has 25 heavy (non-hydrogen) atoms. The van der Waals surface area contributed by atoms with Gasteiger partial charge in [-0.2, -0.15) is 0 Å². The van der Waals surface area contributed by atoms with Crippen molar-refractivity contribution in [3.63, 3.8) is 0 Å². The van der Waals surface area contributed by atoms with Crippen molar-refractivity contribution in [1.29, 1.82) is 0 Å². The number of nitrogens with zero attached hydrogens (tertiary/aromatic N) is 2. The maximum Gasteiger partial charge on any atom is 0.410 e. The van der Waals surface area contributed by atoms with Crippen molar-refractivity contribution in [3.05, 3.63) is 0 Å². The number of nitrogens with one attached hydrogen (secondary N) is 2. The topological polar surface area (TPSA) is 75.2 Å². The molecule has 1 aliphatic heterocycles. The zero-order chi connectivity index (χ0) is 18.5. The highest BCUT2D eigenvalue weighted by Crippen LogP contribution is 2.21. The third kappa shape index (κ3) is 8.44. The molecule has 1 fully saturated rings. The second-order valence-electron chi connectivity index (χ2n) is 8.27. The Morgan fingerprint density at radius 2 is 1.80 bits per heavy atom. The normalized spacial score (nSPS) is 17.3. The molecule has 1 amide bonds. The van der Waals surface area contributed by atoms with E-state index in [1.165, 1.54) is 0 Å². The van der Waals surface area contributed by atoms with E-state index in [2.05, 4.69) is 36.4 Å². The number of amides is 1. The van der Waals surface area contributed by atoms with Gasteiger partial charge in [-0.05, 0) is 26.2 Å². The quantitative estimate of drug-likeness (QED) is 0.375. The van der Waals surface area contributed by atoms with Gasteiger partial charge < -0.3 is 25.0 Å². The Labute approximate surface area is 169 Å². The molecule has 0 spiro atoms.